The molecule has 1 aliphatic heterocycles. The number of hydrogen-bond donors (Lipinski definition) is 2. The highest BCUT2D eigenvalue weighted by Gasteiger charge is 2.28. The highest BCUT2D eigenvalue weighted by Crippen LogP contribution is 2.32. The van der Waals surface area contributed by atoms with Crippen LogP contribution in [0, 0.1) is 0 Å². The number of halogens is 1. The second-order valence-electron chi connectivity index (χ2n) is 7.21. The van der Waals surface area contributed by atoms with Crippen molar-refractivity contribution < 1.29 is 14.7 Å². The molecule has 152 valence electrons. The molecule has 1 aliphatic rings. The number of rotatable bonds is 5. The van der Waals surface area contributed by atoms with Crippen LogP contribution in [0.25, 0.3) is 0 Å². The number of nitrogens with zero attached hydrogens (tertiary/aromatic N) is 2. The molecule has 2 heterocycles. The Kier molecular flexibility index (Phi) is 5.68. The predicted octanol–water partition coefficient (Wildman–Crippen LogP) is 4.68. The minimum atomic E-state index is -1.08. The van der Waals surface area contributed by atoms with Crippen LogP contribution >= 0.6 is 11.6 Å². The van der Waals surface area contributed by atoms with E-state index in [0.717, 1.165) is 13.0 Å². The van der Waals surface area contributed by atoms with E-state index in [1.165, 1.54) is 17.8 Å². The number of carbonyl (C=O) groups excluding carboxylic acids is 1. The van der Waals surface area contributed by atoms with Crippen molar-refractivity contribution >= 4 is 35.0 Å². The van der Waals surface area contributed by atoms with Gasteiger partial charge in [0.15, 0.2) is 0 Å². The Hall–Kier alpha value is -3.38. The molecule has 1 saturated heterocycles. The van der Waals surface area contributed by atoms with Gasteiger partial charge < -0.3 is 15.3 Å². The van der Waals surface area contributed by atoms with Crippen LogP contribution in [0.4, 0.5) is 11.5 Å². The molecule has 1 fully saturated rings. The maximum absolute atomic E-state index is 12.4. The van der Waals surface area contributed by atoms with Gasteiger partial charge in [-0.05, 0) is 36.2 Å². The lowest BCUT2D eigenvalue weighted by atomic mass is 9.99. The van der Waals surface area contributed by atoms with Gasteiger partial charge in [-0.15, -0.1) is 0 Å². The monoisotopic (exact) mass is 421 g/mol. The molecule has 0 spiro atoms. The van der Waals surface area contributed by atoms with Crippen LogP contribution < -0.4 is 10.2 Å². The summed E-state index contributed by atoms with van der Waals surface area (Å²) in [5.74, 6) is -0.716. The number of carboxylic acids is 1. The first-order chi connectivity index (χ1) is 14.5. The molecule has 1 atom stereocenters. The Balaban J connectivity index is 1.54. The number of carboxylic acid groups (broad SMARTS) is 1. The fourth-order valence-electron chi connectivity index (χ4n) is 3.72. The minimum absolute atomic E-state index is 0.0626. The summed E-state index contributed by atoms with van der Waals surface area (Å²) in [4.78, 5) is 30.7. The molecule has 0 radical (unpaired) electrons. The van der Waals surface area contributed by atoms with Crippen molar-refractivity contribution in [3.8, 4) is 0 Å². The molecule has 30 heavy (non-hydrogen) atoms. The van der Waals surface area contributed by atoms with Crippen LogP contribution in [-0.4, -0.2) is 35.1 Å². The molecule has 0 bridgehead atoms. The average Bonchev–Trinajstić information content (AvgIpc) is 3.24. The van der Waals surface area contributed by atoms with Crippen molar-refractivity contribution in [2.24, 2.45) is 0 Å². The largest absolute Gasteiger partial charge is 0.478 e. The third-order valence-electron chi connectivity index (χ3n) is 5.20. The Labute approximate surface area is 179 Å². The van der Waals surface area contributed by atoms with E-state index in [1.54, 1.807) is 24.3 Å². The molecule has 2 aromatic carbocycles. The third kappa shape index (κ3) is 4.28. The first-order valence-electron chi connectivity index (χ1n) is 9.61. The number of anilines is 2. The van der Waals surface area contributed by atoms with Gasteiger partial charge >= 0.3 is 5.97 Å². The van der Waals surface area contributed by atoms with Crippen LogP contribution in [0.2, 0.25) is 5.02 Å². The molecule has 1 aromatic heterocycles. The minimum Gasteiger partial charge on any atom is -0.478 e. The van der Waals surface area contributed by atoms with Gasteiger partial charge in [-0.25, -0.2) is 9.78 Å². The predicted molar refractivity (Wildman–Crippen MR) is 117 cm³/mol. The van der Waals surface area contributed by atoms with E-state index in [1.807, 2.05) is 23.1 Å². The van der Waals surface area contributed by atoms with Gasteiger partial charge in [-0.2, -0.15) is 0 Å². The molecule has 2 N–H and O–H groups in total. The van der Waals surface area contributed by atoms with E-state index < -0.39 is 5.97 Å². The topological polar surface area (TPSA) is 82.5 Å². The third-order valence-corrected chi connectivity index (χ3v) is 5.44. The lowest BCUT2D eigenvalue weighted by molar-refractivity contribution is 0.0697. The fraction of sp³-hybridized carbons (Fsp3) is 0.174. The molecular formula is C23H20ClN3O3. The van der Waals surface area contributed by atoms with Crippen molar-refractivity contribution in [1.29, 1.82) is 0 Å². The van der Waals surface area contributed by atoms with Crippen molar-refractivity contribution in [2.75, 3.05) is 23.3 Å². The van der Waals surface area contributed by atoms with Crippen molar-refractivity contribution in [2.45, 2.75) is 12.3 Å². The number of pyridine rings is 1. The molecule has 1 amide bonds. The molecule has 7 heteroatoms. The number of benzene rings is 2. The molecule has 4 rings (SSSR count). The normalized spacial score (nSPS) is 15.8. The van der Waals surface area contributed by atoms with E-state index in [-0.39, 0.29) is 11.5 Å². The van der Waals surface area contributed by atoms with Crippen LogP contribution in [0.15, 0.2) is 66.9 Å². The van der Waals surface area contributed by atoms with Gasteiger partial charge in [0.1, 0.15) is 11.4 Å². The summed E-state index contributed by atoms with van der Waals surface area (Å²) in [5, 5.41) is 12.9. The van der Waals surface area contributed by atoms with Gasteiger partial charge in [0, 0.05) is 29.6 Å². The van der Waals surface area contributed by atoms with Crippen LogP contribution in [0.1, 0.15) is 38.6 Å². The van der Waals surface area contributed by atoms with Gasteiger partial charge in [-0.1, -0.05) is 48.0 Å². The molecule has 0 saturated carbocycles. The summed E-state index contributed by atoms with van der Waals surface area (Å²) in [7, 11) is 0. The smallest absolute Gasteiger partial charge is 0.339 e. The fourth-order valence-corrected chi connectivity index (χ4v) is 3.91. The van der Waals surface area contributed by atoms with E-state index >= 15 is 0 Å². The van der Waals surface area contributed by atoms with E-state index in [2.05, 4.69) is 22.4 Å². The van der Waals surface area contributed by atoms with Crippen LogP contribution in [0.3, 0.4) is 0 Å². The Morgan fingerprint density at radius 3 is 2.63 bits per heavy atom. The summed E-state index contributed by atoms with van der Waals surface area (Å²) >= 11 is 5.93. The number of hydrogen-bond acceptors (Lipinski definition) is 4. The van der Waals surface area contributed by atoms with Gasteiger partial charge in [0.05, 0.1) is 11.9 Å². The molecule has 6 nitrogen and oxygen atoms in total. The zero-order chi connectivity index (χ0) is 21.1. The van der Waals surface area contributed by atoms with Gasteiger partial charge in [0.2, 0.25) is 0 Å². The number of carbonyl (C=O) groups is 2. The van der Waals surface area contributed by atoms with Crippen LogP contribution in [-0.2, 0) is 0 Å². The molecule has 3 aromatic rings. The molecule has 1 unspecified atom stereocenters. The molecular weight excluding hydrogens is 402 g/mol. The summed E-state index contributed by atoms with van der Waals surface area (Å²) in [6.07, 6.45) is 2.41. The Bertz CT molecular complexity index is 1090. The first-order valence-corrected chi connectivity index (χ1v) is 9.99. The van der Waals surface area contributed by atoms with Gasteiger partial charge in [0.25, 0.3) is 5.91 Å². The second kappa shape index (κ2) is 8.55. The van der Waals surface area contributed by atoms with E-state index in [0.29, 0.717) is 34.6 Å². The van der Waals surface area contributed by atoms with Crippen LogP contribution in [0.5, 0.6) is 0 Å². The highest BCUT2D eigenvalue weighted by molar-refractivity contribution is 6.31. The van der Waals surface area contributed by atoms with Crippen molar-refractivity contribution in [1.82, 2.24) is 4.98 Å². The summed E-state index contributed by atoms with van der Waals surface area (Å²) < 4.78 is 0. The zero-order valence-corrected chi connectivity index (χ0v) is 16.8. The quantitative estimate of drug-likeness (QED) is 0.625. The number of nitrogens with one attached hydrogen (secondary N) is 1. The lowest BCUT2D eigenvalue weighted by Crippen LogP contribution is -2.23. The standard InChI is InChI=1S/C23H20ClN3O3/c24-18-8-4-7-16(11-18)22(28)26-19-12-20(23(29)30)21(25-13-19)27-10-9-17(14-27)15-5-2-1-3-6-15/h1-8,11-13,17H,9-10,14H2,(H,26,28)(H,29,30). The second-order valence-corrected chi connectivity index (χ2v) is 7.64. The Morgan fingerprint density at radius 1 is 1.10 bits per heavy atom. The van der Waals surface area contributed by atoms with Gasteiger partial charge in [-0.3, -0.25) is 4.79 Å². The summed E-state index contributed by atoms with van der Waals surface area (Å²) in [5.41, 5.74) is 2.00. The lowest BCUT2D eigenvalue weighted by Gasteiger charge is -2.20. The summed E-state index contributed by atoms with van der Waals surface area (Å²) in [6.45, 7) is 1.42. The van der Waals surface area contributed by atoms with Crippen molar-refractivity contribution in [3.63, 3.8) is 0 Å². The first kappa shape index (κ1) is 19.9. The Morgan fingerprint density at radius 2 is 1.90 bits per heavy atom. The maximum atomic E-state index is 12.4. The average molecular weight is 422 g/mol. The number of aromatic carboxylic acids is 1. The zero-order valence-electron chi connectivity index (χ0n) is 16.1. The number of amides is 1. The summed E-state index contributed by atoms with van der Waals surface area (Å²) in [6, 6.07) is 18.2. The van der Waals surface area contributed by atoms with E-state index in [4.69, 9.17) is 11.6 Å². The SMILES string of the molecule is O=C(Nc1cnc(N2CCC(c3ccccc3)C2)c(C(=O)O)c1)c1cccc(Cl)c1. The van der Waals surface area contributed by atoms with E-state index in [9.17, 15) is 14.7 Å². The maximum Gasteiger partial charge on any atom is 0.339 e. The number of aromatic nitrogens is 1. The highest BCUT2D eigenvalue weighted by atomic mass is 35.5. The molecule has 0 aliphatic carbocycles. The van der Waals surface area contributed by atoms with Crippen molar-refractivity contribution in [3.05, 3.63) is 88.6 Å².